The van der Waals surface area contributed by atoms with Gasteiger partial charge < -0.3 is 10.1 Å². The van der Waals surface area contributed by atoms with E-state index in [4.69, 9.17) is 4.74 Å². The highest BCUT2D eigenvalue weighted by Gasteiger charge is 2.31. The van der Waals surface area contributed by atoms with E-state index in [-0.39, 0.29) is 17.5 Å². The van der Waals surface area contributed by atoms with Crippen molar-refractivity contribution in [2.24, 2.45) is 0 Å². The summed E-state index contributed by atoms with van der Waals surface area (Å²) in [4.78, 5) is 26.2. The van der Waals surface area contributed by atoms with E-state index in [9.17, 15) is 18.0 Å². The minimum Gasteiger partial charge on any atom is -0.462 e. The van der Waals surface area contributed by atoms with Crippen LogP contribution >= 0.6 is 11.3 Å². The third kappa shape index (κ3) is 4.83. The van der Waals surface area contributed by atoms with Gasteiger partial charge in [0.25, 0.3) is 5.91 Å². The molecular weight excluding hydrogens is 436 g/mol. The van der Waals surface area contributed by atoms with Gasteiger partial charge in [0.2, 0.25) is 10.0 Å². The van der Waals surface area contributed by atoms with Crippen LogP contribution in [-0.4, -0.2) is 43.8 Å². The van der Waals surface area contributed by atoms with Gasteiger partial charge in [0.15, 0.2) is 0 Å². The Balaban J connectivity index is 1.80. The van der Waals surface area contributed by atoms with Crippen molar-refractivity contribution >= 4 is 38.2 Å². The van der Waals surface area contributed by atoms with Crippen LogP contribution in [0.3, 0.4) is 0 Å². The lowest BCUT2D eigenvalue weighted by molar-refractivity contribution is 0.0527. The average Bonchev–Trinajstić information content (AvgIpc) is 3.01. The van der Waals surface area contributed by atoms with Gasteiger partial charge in [0.1, 0.15) is 5.00 Å². The van der Waals surface area contributed by atoms with Gasteiger partial charge in [-0.2, -0.15) is 4.31 Å². The zero-order valence-electron chi connectivity index (χ0n) is 18.2. The number of amides is 1. The maximum absolute atomic E-state index is 13.0. The number of anilines is 1. The first-order chi connectivity index (χ1) is 14.7. The third-order valence-corrected chi connectivity index (χ3v) is 8.71. The summed E-state index contributed by atoms with van der Waals surface area (Å²) in [5.74, 6) is -0.890. The Hall–Kier alpha value is -2.23. The highest BCUT2D eigenvalue weighted by Crippen LogP contribution is 2.33. The molecule has 0 bridgehead atoms. The SMILES string of the molecule is CCOC(=O)c1c(NC(=O)c2ccc(S(=O)(=O)N3CCCCC3C)cc2)sc(C)c1C. The number of sulfonamides is 1. The fraction of sp³-hybridized carbons (Fsp3) is 0.455. The molecule has 168 valence electrons. The molecule has 7 nitrogen and oxygen atoms in total. The second-order valence-corrected chi connectivity index (χ2v) is 10.8. The first-order valence-electron chi connectivity index (χ1n) is 10.4. The van der Waals surface area contributed by atoms with E-state index in [0.29, 0.717) is 22.7 Å². The van der Waals surface area contributed by atoms with E-state index in [2.05, 4.69) is 5.32 Å². The van der Waals surface area contributed by atoms with Gasteiger partial charge in [-0.05, 0) is 70.4 Å². The standard InChI is InChI=1S/C22H28N2O5S2/c1-5-29-22(26)19-15(3)16(4)30-21(19)23-20(25)17-9-11-18(12-10-17)31(27,28)24-13-7-6-8-14(24)2/h9-12,14H,5-8,13H2,1-4H3,(H,23,25). The van der Waals surface area contributed by atoms with Crippen LogP contribution in [0.2, 0.25) is 0 Å². The molecule has 9 heteroatoms. The molecule has 0 saturated carbocycles. The molecule has 1 unspecified atom stereocenters. The molecule has 1 N–H and O–H groups in total. The summed E-state index contributed by atoms with van der Waals surface area (Å²) >= 11 is 1.31. The number of rotatable bonds is 6. The number of thiophene rings is 1. The molecular formula is C22H28N2O5S2. The summed E-state index contributed by atoms with van der Waals surface area (Å²) in [6.45, 7) is 8.09. The van der Waals surface area contributed by atoms with Gasteiger partial charge >= 0.3 is 5.97 Å². The Morgan fingerprint density at radius 1 is 1.19 bits per heavy atom. The molecule has 31 heavy (non-hydrogen) atoms. The summed E-state index contributed by atoms with van der Waals surface area (Å²) in [7, 11) is -3.60. The number of ether oxygens (including phenoxy) is 1. The van der Waals surface area contributed by atoms with E-state index in [0.717, 1.165) is 29.7 Å². The number of carbonyl (C=O) groups excluding carboxylic acids is 2. The fourth-order valence-corrected chi connectivity index (χ4v) is 6.42. The number of carbonyl (C=O) groups is 2. The number of nitrogens with zero attached hydrogens (tertiary/aromatic N) is 1. The molecule has 0 radical (unpaired) electrons. The second kappa shape index (κ2) is 9.50. The number of esters is 1. The zero-order valence-corrected chi connectivity index (χ0v) is 19.9. The monoisotopic (exact) mass is 464 g/mol. The normalized spacial score (nSPS) is 17.4. The predicted molar refractivity (Wildman–Crippen MR) is 121 cm³/mol. The van der Waals surface area contributed by atoms with Crippen LogP contribution in [0, 0.1) is 13.8 Å². The molecule has 0 aliphatic carbocycles. The quantitative estimate of drug-likeness (QED) is 0.642. The summed E-state index contributed by atoms with van der Waals surface area (Å²) in [5, 5.41) is 3.20. The largest absolute Gasteiger partial charge is 0.462 e. The molecule has 1 saturated heterocycles. The van der Waals surface area contributed by atoms with Gasteiger partial charge in [0, 0.05) is 23.0 Å². The number of piperidine rings is 1. The smallest absolute Gasteiger partial charge is 0.341 e. The van der Waals surface area contributed by atoms with Gasteiger partial charge in [-0.25, -0.2) is 13.2 Å². The number of benzene rings is 1. The summed E-state index contributed by atoms with van der Waals surface area (Å²) in [5.41, 5.74) is 1.44. The fourth-order valence-electron chi connectivity index (χ4n) is 3.68. The van der Waals surface area contributed by atoms with Crippen molar-refractivity contribution in [3.8, 4) is 0 Å². The van der Waals surface area contributed by atoms with Crippen molar-refractivity contribution in [1.29, 1.82) is 0 Å². The molecule has 1 fully saturated rings. The highest BCUT2D eigenvalue weighted by atomic mass is 32.2. The van der Waals surface area contributed by atoms with Crippen LogP contribution in [0.1, 0.15) is 64.3 Å². The highest BCUT2D eigenvalue weighted by molar-refractivity contribution is 7.89. The van der Waals surface area contributed by atoms with Crippen molar-refractivity contribution in [2.75, 3.05) is 18.5 Å². The van der Waals surface area contributed by atoms with Crippen LogP contribution in [0.5, 0.6) is 0 Å². The van der Waals surface area contributed by atoms with Crippen molar-refractivity contribution < 1.29 is 22.7 Å². The summed E-state index contributed by atoms with van der Waals surface area (Å²) in [6.07, 6.45) is 2.73. The minimum absolute atomic E-state index is 0.0340. The van der Waals surface area contributed by atoms with E-state index >= 15 is 0 Å². The number of hydrogen-bond donors (Lipinski definition) is 1. The Morgan fingerprint density at radius 3 is 2.48 bits per heavy atom. The Bertz CT molecular complexity index is 1070. The Kier molecular flexibility index (Phi) is 7.18. The first kappa shape index (κ1) is 23.4. The maximum atomic E-state index is 13.0. The van der Waals surface area contributed by atoms with E-state index < -0.39 is 21.9 Å². The lowest BCUT2D eigenvalue weighted by Crippen LogP contribution is -2.41. The first-order valence-corrected chi connectivity index (χ1v) is 12.6. The van der Waals surface area contributed by atoms with E-state index in [1.54, 1.807) is 6.92 Å². The number of aryl methyl sites for hydroxylation is 1. The number of hydrogen-bond acceptors (Lipinski definition) is 6. The molecule has 1 aliphatic heterocycles. The lowest BCUT2D eigenvalue weighted by Gasteiger charge is -2.32. The Labute approximate surface area is 187 Å². The van der Waals surface area contributed by atoms with Crippen LogP contribution < -0.4 is 5.32 Å². The second-order valence-electron chi connectivity index (χ2n) is 7.65. The minimum atomic E-state index is -3.60. The molecule has 1 aromatic carbocycles. The van der Waals surface area contributed by atoms with Gasteiger partial charge in [-0.15, -0.1) is 11.3 Å². The van der Waals surface area contributed by atoms with Crippen molar-refractivity contribution in [1.82, 2.24) is 4.31 Å². The van der Waals surface area contributed by atoms with Gasteiger partial charge in [-0.3, -0.25) is 4.79 Å². The molecule has 1 aromatic heterocycles. The molecule has 1 atom stereocenters. The topological polar surface area (TPSA) is 92.8 Å². The van der Waals surface area contributed by atoms with Crippen LogP contribution in [0.4, 0.5) is 5.00 Å². The zero-order chi connectivity index (χ0) is 22.8. The number of nitrogens with one attached hydrogen (secondary N) is 1. The Morgan fingerprint density at radius 2 is 1.87 bits per heavy atom. The molecule has 1 amide bonds. The van der Waals surface area contributed by atoms with Crippen LogP contribution in [0.25, 0.3) is 0 Å². The lowest BCUT2D eigenvalue weighted by atomic mass is 10.1. The summed E-state index contributed by atoms with van der Waals surface area (Å²) < 4.78 is 32.6. The predicted octanol–water partition coefficient (Wildman–Crippen LogP) is 4.36. The van der Waals surface area contributed by atoms with Crippen LogP contribution in [0.15, 0.2) is 29.2 Å². The molecule has 2 heterocycles. The molecule has 2 aromatic rings. The summed E-state index contributed by atoms with van der Waals surface area (Å²) in [6, 6.07) is 5.88. The van der Waals surface area contributed by atoms with Crippen molar-refractivity contribution in [2.45, 2.75) is 57.9 Å². The van der Waals surface area contributed by atoms with Gasteiger partial charge in [0.05, 0.1) is 17.1 Å². The maximum Gasteiger partial charge on any atom is 0.341 e. The van der Waals surface area contributed by atoms with Gasteiger partial charge in [-0.1, -0.05) is 6.42 Å². The van der Waals surface area contributed by atoms with Crippen molar-refractivity contribution in [3.63, 3.8) is 0 Å². The van der Waals surface area contributed by atoms with Crippen LogP contribution in [-0.2, 0) is 14.8 Å². The van der Waals surface area contributed by atoms with Crippen molar-refractivity contribution in [3.05, 3.63) is 45.8 Å². The van der Waals surface area contributed by atoms with E-state index in [1.807, 2.05) is 20.8 Å². The average molecular weight is 465 g/mol. The molecule has 3 rings (SSSR count). The van der Waals surface area contributed by atoms with E-state index in [1.165, 1.54) is 39.9 Å². The molecule has 1 aliphatic rings. The third-order valence-electron chi connectivity index (χ3n) is 5.56. The molecule has 0 spiro atoms.